The van der Waals surface area contributed by atoms with Crippen LogP contribution in [0.3, 0.4) is 0 Å². The Balaban J connectivity index is 1.80. The summed E-state index contributed by atoms with van der Waals surface area (Å²) in [5.41, 5.74) is 2.85. The summed E-state index contributed by atoms with van der Waals surface area (Å²) in [6.07, 6.45) is 0.274. The molecule has 1 fully saturated rings. The molecule has 0 spiro atoms. The molecular weight excluding hydrogens is 300 g/mol. The summed E-state index contributed by atoms with van der Waals surface area (Å²) in [5, 5.41) is 0. The molecule has 1 aliphatic heterocycles. The van der Waals surface area contributed by atoms with Crippen molar-refractivity contribution >= 4 is 23.2 Å². The Kier molecular flexibility index (Phi) is 4.65. The second-order valence-corrected chi connectivity index (χ2v) is 6.11. The van der Waals surface area contributed by atoms with E-state index in [1.165, 1.54) is 0 Å². The van der Waals surface area contributed by atoms with Gasteiger partial charge in [0.2, 0.25) is 11.8 Å². The summed E-state index contributed by atoms with van der Waals surface area (Å²) < 4.78 is 0. The predicted molar refractivity (Wildman–Crippen MR) is 96.1 cm³/mol. The van der Waals surface area contributed by atoms with Crippen LogP contribution < -0.4 is 9.80 Å². The van der Waals surface area contributed by atoms with E-state index >= 15 is 0 Å². The standard InChI is InChI=1S/C20H22N2O2/c1-3-21(18-12-8-7-9-15(18)2)20(24)16-13-19(23)22(14-16)17-10-5-4-6-11-17/h4-12,16H,3,13-14H2,1-2H3. The van der Waals surface area contributed by atoms with E-state index in [2.05, 4.69) is 0 Å². The zero-order chi connectivity index (χ0) is 17.1. The number of amides is 2. The number of hydrogen-bond donors (Lipinski definition) is 0. The summed E-state index contributed by atoms with van der Waals surface area (Å²) in [6, 6.07) is 17.4. The van der Waals surface area contributed by atoms with Crippen LogP contribution in [0, 0.1) is 12.8 Å². The Morgan fingerprint density at radius 1 is 1.12 bits per heavy atom. The zero-order valence-corrected chi connectivity index (χ0v) is 14.1. The van der Waals surface area contributed by atoms with Gasteiger partial charge in [-0.1, -0.05) is 36.4 Å². The first-order chi connectivity index (χ1) is 11.6. The first kappa shape index (κ1) is 16.2. The van der Waals surface area contributed by atoms with Crippen molar-refractivity contribution in [3.63, 3.8) is 0 Å². The van der Waals surface area contributed by atoms with Crippen molar-refractivity contribution < 1.29 is 9.59 Å². The molecule has 4 heteroatoms. The van der Waals surface area contributed by atoms with Crippen LogP contribution in [0.15, 0.2) is 54.6 Å². The van der Waals surface area contributed by atoms with Gasteiger partial charge in [0.05, 0.1) is 5.92 Å². The fourth-order valence-corrected chi connectivity index (χ4v) is 3.26. The van der Waals surface area contributed by atoms with Gasteiger partial charge < -0.3 is 9.80 Å². The van der Waals surface area contributed by atoms with Crippen LogP contribution in [0.4, 0.5) is 11.4 Å². The molecule has 1 unspecified atom stereocenters. The van der Waals surface area contributed by atoms with Crippen molar-refractivity contribution in [2.24, 2.45) is 5.92 Å². The molecule has 0 N–H and O–H groups in total. The Morgan fingerprint density at radius 2 is 1.79 bits per heavy atom. The Labute approximate surface area is 142 Å². The fourth-order valence-electron chi connectivity index (χ4n) is 3.26. The first-order valence-electron chi connectivity index (χ1n) is 8.34. The highest BCUT2D eigenvalue weighted by molar-refractivity contribution is 6.04. The third-order valence-corrected chi connectivity index (χ3v) is 4.53. The normalized spacial score (nSPS) is 17.2. The monoisotopic (exact) mass is 322 g/mol. The minimum absolute atomic E-state index is 0.0142. The van der Waals surface area contributed by atoms with Gasteiger partial charge in [0, 0.05) is 30.9 Å². The highest BCUT2D eigenvalue weighted by Crippen LogP contribution is 2.28. The maximum atomic E-state index is 13.0. The highest BCUT2D eigenvalue weighted by atomic mass is 16.2. The lowest BCUT2D eigenvalue weighted by Crippen LogP contribution is -2.37. The molecule has 4 nitrogen and oxygen atoms in total. The van der Waals surface area contributed by atoms with E-state index in [-0.39, 0.29) is 24.2 Å². The van der Waals surface area contributed by atoms with Gasteiger partial charge in [-0.25, -0.2) is 0 Å². The van der Waals surface area contributed by atoms with Crippen molar-refractivity contribution in [1.29, 1.82) is 0 Å². The topological polar surface area (TPSA) is 40.6 Å². The smallest absolute Gasteiger partial charge is 0.232 e. The van der Waals surface area contributed by atoms with E-state index in [0.29, 0.717) is 13.1 Å². The Morgan fingerprint density at radius 3 is 2.46 bits per heavy atom. The SMILES string of the molecule is CCN(C(=O)C1CC(=O)N(c2ccccc2)C1)c1ccccc1C. The molecule has 0 saturated carbocycles. The lowest BCUT2D eigenvalue weighted by Gasteiger charge is -2.26. The van der Waals surface area contributed by atoms with Crippen LogP contribution in [0.2, 0.25) is 0 Å². The lowest BCUT2D eigenvalue weighted by atomic mass is 10.1. The van der Waals surface area contributed by atoms with Crippen molar-refractivity contribution in [3.05, 3.63) is 60.2 Å². The molecule has 1 atom stereocenters. The molecule has 0 radical (unpaired) electrons. The number of anilines is 2. The number of para-hydroxylation sites is 2. The number of hydrogen-bond acceptors (Lipinski definition) is 2. The molecule has 2 amide bonds. The summed E-state index contributed by atoms with van der Waals surface area (Å²) in [6.45, 7) is 5.02. The van der Waals surface area contributed by atoms with Gasteiger partial charge >= 0.3 is 0 Å². The minimum Gasteiger partial charge on any atom is -0.312 e. The summed E-state index contributed by atoms with van der Waals surface area (Å²) in [5.74, 6) is -0.253. The van der Waals surface area contributed by atoms with Crippen molar-refractivity contribution in [2.75, 3.05) is 22.9 Å². The summed E-state index contributed by atoms with van der Waals surface area (Å²) >= 11 is 0. The lowest BCUT2D eigenvalue weighted by molar-refractivity contribution is -0.124. The van der Waals surface area contributed by atoms with Crippen LogP contribution in [-0.4, -0.2) is 24.9 Å². The van der Waals surface area contributed by atoms with E-state index < -0.39 is 0 Å². The molecule has 0 bridgehead atoms. The van der Waals surface area contributed by atoms with Gasteiger partial charge in [-0.3, -0.25) is 9.59 Å². The van der Waals surface area contributed by atoms with E-state index in [4.69, 9.17) is 0 Å². The van der Waals surface area contributed by atoms with E-state index in [1.807, 2.05) is 68.4 Å². The molecule has 1 saturated heterocycles. The van der Waals surface area contributed by atoms with Gasteiger partial charge in [0.1, 0.15) is 0 Å². The largest absolute Gasteiger partial charge is 0.312 e. The second kappa shape index (κ2) is 6.87. The van der Waals surface area contributed by atoms with Gasteiger partial charge in [0.25, 0.3) is 0 Å². The Hall–Kier alpha value is -2.62. The van der Waals surface area contributed by atoms with Crippen molar-refractivity contribution in [2.45, 2.75) is 20.3 Å². The fraction of sp³-hybridized carbons (Fsp3) is 0.300. The maximum absolute atomic E-state index is 13.0. The first-order valence-corrected chi connectivity index (χ1v) is 8.34. The molecular formula is C20H22N2O2. The Bertz CT molecular complexity index is 742. The number of aryl methyl sites for hydroxylation is 1. The number of carbonyl (C=O) groups excluding carboxylic acids is 2. The van der Waals surface area contributed by atoms with Crippen molar-refractivity contribution in [1.82, 2.24) is 0 Å². The number of carbonyl (C=O) groups is 2. The van der Waals surface area contributed by atoms with E-state index in [0.717, 1.165) is 16.9 Å². The molecule has 1 heterocycles. The van der Waals surface area contributed by atoms with Crippen LogP contribution in [0.1, 0.15) is 18.9 Å². The third kappa shape index (κ3) is 3.04. The quantitative estimate of drug-likeness (QED) is 0.865. The van der Waals surface area contributed by atoms with Crippen LogP contribution >= 0.6 is 0 Å². The molecule has 0 aliphatic carbocycles. The zero-order valence-electron chi connectivity index (χ0n) is 14.1. The molecule has 2 aromatic carbocycles. The number of benzene rings is 2. The predicted octanol–water partition coefficient (Wildman–Crippen LogP) is 3.40. The molecule has 124 valence electrons. The number of rotatable bonds is 4. The van der Waals surface area contributed by atoms with E-state index in [1.54, 1.807) is 9.80 Å². The van der Waals surface area contributed by atoms with Crippen LogP contribution in [0.5, 0.6) is 0 Å². The van der Waals surface area contributed by atoms with Crippen LogP contribution in [0.25, 0.3) is 0 Å². The van der Waals surface area contributed by atoms with E-state index in [9.17, 15) is 9.59 Å². The highest BCUT2D eigenvalue weighted by Gasteiger charge is 2.37. The molecule has 0 aromatic heterocycles. The second-order valence-electron chi connectivity index (χ2n) is 6.11. The minimum atomic E-state index is -0.294. The van der Waals surface area contributed by atoms with Gasteiger partial charge in [-0.05, 0) is 37.6 Å². The maximum Gasteiger partial charge on any atom is 0.232 e. The molecule has 24 heavy (non-hydrogen) atoms. The van der Waals surface area contributed by atoms with Gasteiger partial charge in [-0.15, -0.1) is 0 Å². The molecule has 2 aromatic rings. The van der Waals surface area contributed by atoms with Gasteiger partial charge in [0.15, 0.2) is 0 Å². The molecule has 3 rings (SSSR count). The average Bonchev–Trinajstić information content (AvgIpc) is 3.00. The number of nitrogens with zero attached hydrogens (tertiary/aromatic N) is 2. The van der Waals surface area contributed by atoms with Crippen molar-refractivity contribution in [3.8, 4) is 0 Å². The average molecular weight is 322 g/mol. The third-order valence-electron chi connectivity index (χ3n) is 4.53. The molecule has 1 aliphatic rings. The summed E-state index contributed by atoms with van der Waals surface area (Å²) in [4.78, 5) is 28.9. The van der Waals surface area contributed by atoms with Gasteiger partial charge in [-0.2, -0.15) is 0 Å². The van der Waals surface area contributed by atoms with Crippen LogP contribution in [-0.2, 0) is 9.59 Å². The summed E-state index contributed by atoms with van der Waals surface area (Å²) in [7, 11) is 0.